The molecule has 0 aromatic heterocycles. The van der Waals surface area contributed by atoms with Crippen molar-refractivity contribution in [1.29, 1.82) is 0 Å². The molecule has 0 unspecified atom stereocenters. The molecule has 1 heterocycles. The van der Waals surface area contributed by atoms with Crippen molar-refractivity contribution in [2.45, 2.75) is 25.9 Å². The predicted octanol–water partition coefficient (Wildman–Crippen LogP) is 3.72. The number of carbonyl (C=O) groups is 2. The SMILES string of the molecule is Cc1cccc(C(=O)OC[C@H]2CCCO2)c1NC(=O)c1ccccc1F. The average Bonchev–Trinajstić information content (AvgIpc) is 3.15. The second-order valence-electron chi connectivity index (χ2n) is 6.16. The van der Waals surface area contributed by atoms with Gasteiger partial charge >= 0.3 is 5.97 Å². The van der Waals surface area contributed by atoms with Crippen LogP contribution in [0, 0.1) is 12.7 Å². The normalized spacial score (nSPS) is 16.3. The lowest BCUT2D eigenvalue weighted by atomic mass is 10.1. The first-order chi connectivity index (χ1) is 12.6. The number of ether oxygens (including phenoxy) is 2. The zero-order chi connectivity index (χ0) is 18.5. The van der Waals surface area contributed by atoms with Crippen LogP contribution in [0.15, 0.2) is 42.5 Å². The van der Waals surface area contributed by atoms with E-state index in [4.69, 9.17) is 9.47 Å². The van der Waals surface area contributed by atoms with Crippen LogP contribution in [0.2, 0.25) is 0 Å². The number of carbonyl (C=O) groups excluding carboxylic acids is 2. The first-order valence-electron chi connectivity index (χ1n) is 8.50. The van der Waals surface area contributed by atoms with Crippen molar-refractivity contribution in [1.82, 2.24) is 0 Å². The fourth-order valence-corrected chi connectivity index (χ4v) is 2.85. The number of para-hydroxylation sites is 1. The Labute approximate surface area is 151 Å². The van der Waals surface area contributed by atoms with Gasteiger partial charge in [-0.1, -0.05) is 24.3 Å². The lowest BCUT2D eigenvalue weighted by Crippen LogP contribution is -2.21. The summed E-state index contributed by atoms with van der Waals surface area (Å²) in [6.07, 6.45) is 1.73. The smallest absolute Gasteiger partial charge is 0.340 e. The summed E-state index contributed by atoms with van der Waals surface area (Å²) in [5.41, 5.74) is 1.14. The monoisotopic (exact) mass is 357 g/mol. The topological polar surface area (TPSA) is 64.6 Å². The Bertz CT molecular complexity index is 815. The van der Waals surface area contributed by atoms with Crippen LogP contribution in [0.1, 0.15) is 39.1 Å². The molecule has 6 heteroatoms. The van der Waals surface area contributed by atoms with Crippen LogP contribution >= 0.6 is 0 Å². The molecule has 1 atom stereocenters. The van der Waals surface area contributed by atoms with Crippen LogP contribution < -0.4 is 5.32 Å². The summed E-state index contributed by atoms with van der Waals surface area (Å²) < 4.78 is 24.6. The number of rotatable bonds is 5. The minimum absolute atomic E-state index is 0.0831. The molecule has 1 fully saturated rings. The Morgan fingerprint density at radius 3 is 2.69 bits per heavy atom. The zero-order valence-electron chi connectivity index (χ0n) is 14.5. The number of aryl methyl sites for hydroxylation is 1. The number of benzene rings is 2. The van der Waals surface area contributed by atoms with Crippen molar-refractivity contribution in [2.75, 3.05) is 18.5 Å². The highest BCUT2D eigenvalue weighted by molar-refractivity contribution is 6.08. The summed E-state index contributed by atoms with van der Waals surface area (Å²) in [6.45, 7) is 2.61. The molecule has 1 aliphatic rings. The summed E-state index contributed by atoms with van der Waals surface area (Å²) >= 11 is 0. The van der Waals surface area contributed by atoms with Gasteiger partial charge in [0.1, 0.15) is 12.4 Å². The Morgan fingerprint density at radius 2 is 1.96 bits per heavy atom. The highest BCUT2D eigenvalue weighted by atomic mass is 19.1. The summed E-state index contributed by atoms with van der Waals surface area (Å²) in [7, 11) is 0. The summed E-state index contributed by atoms with van der Waals surface area (Å²) in [5.74, 6) is -1.79. The Balaban J connectivity index is 1.77. The van der Waals surface area contributed by atoms with Gasteiger partial charge < -0.3 is 14.8 Å². The van der Waals surface area contributed by atoms with Crippen molar-refractivity contribution in [3.8, 4) is 0 Å². The maximum Gasteiger partial charge on any atom is 0.340 e. The molecule has 1 saturated heterocycles. The molecule has 0 spiro atoms. The van der Waals surface area contributed by atoms with Gasteiger partial charge in [-0.3, -0.25) is 4.79 Å². The number of anilines is 1. The van der Waals surface area contributed by atoms with E-state index in [-0.39, 0.29) is 23.8 Å². The highest BCUT2D eigenvalue weighted by Crippen LogP contribution is 2.23. The third kappa shape index (κ3) is 4.08. The van der Waals surface area contributed by atoms with Crippen molar-refractivity contribution < 1.29 is 23.5 Å². The van der Waals surface area contributed by atoms with E-state index >= 15 is 0 Å². The van der Waals surface area contributed by atoms with Gasteiger partial charge in [-0.05, 0) is 43.5 Å². The number of nitrogens with one attached hydrogen (secondary N) is 1. The zero-order valence-corrected chi connectivity index (χ0v) is 14.5. The van der Waals surface area contributed by atoms with Crippen LogP contribution in [0.4, 0.5) is 10.1 Å². The molecule has 26 heavy (non-hydrogen) atoms. The number of hydrogen-bond donors (Lipinski definition) is 1. The summed E-state index contributed by atoms with van der Waals surface area (Å²) in [5, 5.41) is 2.63. The van der Waals surface area contributed by atoms with Gasteiger partial charge in [-0.2, -0.15) is 0 Å². The average molecular weight is 357 g/mol. The lowest BCUT2D eigenvalue weighted by molar-refractivity contribution is 0.0162. The molecule has 3 rings (SSSR count). The minimum Gasteiger partial charge on any atom is -0.459 e. The Kier molecular flexibility index (Phi) is 5.63. The molecule has 1 aliphatic heterocycles. The molecular formula is C20H20FNO4. The van der Waals surface area contributed by atoms with E-state index in [2.05, 4.69) is 5.32 Å². The fourth-order valence-electron chi connectivity index (χ4n) is 2.85. The van der Waals surface area contributed by atoms with E-state index in [0.29, 0.717) is 17.9 Å². The molecule has 0 bridgehead atoms. The van der Waals surface area contributed by atoms with Gasteiger partial charge in [0, 0.05) is 6.61 Å². The molecule has 5 nitrogen and oxygen atoms in total. The third-order valence-electron chi connectivity index (χ3n) is 4.27. The number of hydrogen-bond acceptors (Lipinski definition) is 4. The van der Waals surface area contributed by atoms with Gasteiger partial charge in [0.05, 0.1) is 22.9 Å². The van der Waals surface area contributed by atoms with Crippen molar-refractivity contribution in [3.05, 3.63) is 65.0 Å². The molecule has 0 aliphatic carbocycles. The van der Waals surface area contributed by atoms with E-state index in [1.54, 1.807) is 31.2 Å². The van der Waals surface area contributed by atoms with Crippen LogP contribution in [-0.4, -0.2) is 31.2 Å². The van der Waals surface area contributed by atoms with Gasteiger partial charge in [-0.25, -0.2) is 9.18 Å². The first kappa shape index (κ1) is 18.1. The van der Waals surface area contributed by atoms with E-state index in [1.165, 1.54) is 18.2 Å². The third-order valence-corrected chi connectivity index (χ3v) is 4.27. The Hall–Kier alpha value is -2.73. The molecule has 0 saturated carbocycles. The largest absolute Gasteiger partial charge is 0.459 e. The summed E-state index contributed by atoms with van der Waals surface area (Å²) in [6, 6.07) is 10.7. The molecule has 2 aromatic rings. The van der Waals surface area contributed by atoms with Crippen LogP contribution in [0.3, 0.4) is 0 Å². The van der Waals surface area contributed by atoms with Crippen molar-refractivity contribution in [3.63, 3.8) is 0 Å². The standard InChI is InChI=1S/C20H20FNO4/c1-13-6-4-9-16(20(24)26-12-14-7-5-11-25-14)18(13)22-19(23)15-8-2-3-10-17(15)21/h2-4,6,8-10,14H,5,7,11-12H2,1H3,(H,22,23)/t14-/m1/s1. The molecule has 2 aromatic carbocycles. The Morgan fingerprint density at radius 1 is 1.19 bits per heavy atom. The highest BCUT2D eigenvalue weighted by Gasteiger charge is 2.21. The van der Waals surface area contributed by atoms with E-state index in [9.17, 15) is 14.0 Å². The maximum absolute atomic E-state index is 13.8. The molecule has 1 amide bonds. The van der Waals surface area contributed by atoms with Gasteiger partial charge in [0.15, 0.2) is 0 Å². The van der Waals surface area contributed by atoms with Gasteiger partial charge in [0.2, 0.25) is 0 Å². The van der Waals surface area contributed by atoms with Crippen LogP contribution in [0.5, 0.6) is 0 Å². The van der Waals surface area contributed by atoms with Crippen LogP contribution in [0.25, 0.3) is 0 Å². The molecule has 0 radical (unpaired) electrons. The fraction of sp³-hybridized carbons (Fsp3) is 0.300. The van der Waals surface area contributed by atoms with Crippen molar-refractivity contribution in [2.24, 2.45) is 0 Å². The maximum atomic E-state index is 13.8. The molecule has 1 N–H and O–H groups in total. The number of halogens is 1. The number of esters is 1. The van der Waals surface area contributed by atoms with E-state index < -0.39 is 17.7 Å². The quantitative estimate of drug-likeness (QED) is 0.829. The van der Waals surface area contributed by atoms with Gasteiger partial charge in [-0.15, -0.1) is 0 Å². The molecular weight excluding hydrogens is 337 g/mol. The van der Waals surface area contributed by atoms with Crippen LogP contribution in [-0.2, 0) is 9.47 Å². The second kappa shape index (κ2) is 8.10. The first-order valence-corrected chi connectivity index (χ1v) is 8.50. The lowest BCUT2D eigenvalue weighted by Gasteiger charge is -2.15. The number of amides is 1. The second-order valence-corrected chi connectivity index (χ2v) is 6.16. The summed E-state index contributed by atoms with van der Waals surface area (Å²) in [4.78, 5) is 24.9. The van der Waals surface area contributed by atoms with Gasteiger partial charge in [0.25, 0.3) is 5.91 Å². The minimum atomic E-state index is -0.624. The predicted molar refractivity (Wildman–Crippen MR) is 94.8 cm³/mol. The van der Waals surface area contributed by atoms with E-state index in [0.717, 1.165) is 12.8 Å². The molecule has 136 valence electrons. The van der Waals surface area contributed by atoms with Crippen molar-refractivity contribution >= 4 is 17.6 Å². The van der Waals surface area contributed by atoms with E-state index in [1.807, 2.05) is 0 Å².